The van der Waals surface area contributed by atoms with Gasteiger partial charge in [0.2, 0.25) is 10.0 Å². The third-order valence-electron chi connectivity index (χ3n) is 3.82. The molecular formula is C14H20Cl2N2O2S. The van der Waals surface area contributed by atoms with Crippen molar-refractivity contribution in [3.8, 4) is 0 Å². The van der Waals surface area contributed by atoms with E-state index in [1.807, 2.05) is 0 Å². The molecule has 0 bridgehead atoms. The first-order chi connectivity index (χ1) is 9.95. The summed E-state index contributed by atoms with van der Waals surface area (Å²) in [6.45, 7) is 0.102. The molecule has 0 atom stereocenters. The number of nitrogens with two attached hydrogens (primary N) is 1. The van der Waals surface area contributed by atoms with Crippen LogP contribution in [0.25, 0.3) is 0 Å². The van der Waals surface area contributed by atoms with E-state index < -0.39 is 10.0 Å². The maximum Gasteiger partial charge on any atom is 0.242 e. The fourth-order valence-electron chi connectivity index (χ4n) is 2.65. The van der Waals surface area contributed by atoms with Crippen molar-refractivity contribution in [3.05, 3.63) is 27.7 Å². The van der Waals surface area contributed by atoms with E-state index >= 15 is 0 Å². The molecule has 21 heavy (non-hydrogen) atoms. The Kier molecular flexibility index (Phi) is 5.91. The highest BCUT2D eigenvalue weighted by molar-refractivity contribution is 7.89. The molecule has 2 rings (SSSR count). The van der Waals surface area contributed by atoms with Gasteiger partial charge in [-0.15, -0.1) is 0 Å². The molecule has 1 fully saturated rings. The van der Waals surface area contributed by atoms with Crippen molar-refractivity contribution in [1.82, 2.24) is 4.72 Å². The van der Waals surface area contributed by atoms with Gasteiger partial charge in [0.1, 0.15) is 4.90 Å². The molecule has 0 unspecified atom stereocenters. The van der Waals surface area contributed by atoms with Gasteiger partial charge in [0, 0.05) is 23.2 Å². The molecule has 3 N–H and O–H groups in total. The van der Waals surface area contributed by atoms with Crippen LogP contribution in [0.2, 0.25) is 10.0 Å². The quantitative estimate of drug-likeness (QED) is 0.816. The van der Waals surface area contributed by atoms with Crippen LogP contribution in [0.1, 0.15) is 44.1 Å². The zero-order valence-electron chi connectivity index (χ0n) is 11.7. The molecule has 7 heteroatoms. The highest BCUT2D eigenvalue weighted by Crippen LogP contribution is 2.31. The van der Waals surface area contributed by atoms with Crippen molar-refractivity contribution in [2.75, 3.05) is 0 Å². The fraction of sp³-hybridized carbons (Fsp3) is 0.571. The lowest BCUT2D eigenvalue weighted by Crippen LogP contribution is -2.34. The minimum Gasteiger partial charge on any atom is -0.326 e. The maximum absolute atomic E-state index is 12.5. The lowest BCUT2D eigenvalue weighted by atomic mass is 10.1. The van der Waals surface area contributed by atoms with Gasteiger partial charge < -0.3 is 5.73 Å². The largest absolute Gasteiger partial charge is 0.326 e. The Morgan fingerprint density at radius 3 is 2.33 bits per heavy atom. The highest BCUT2D eigenvalue weighted by Gasteiger charge is 2.25. The van der Waals surface area contributed by atoms with Gasteiger partial charge >= 0.3 is 0 Å². The molecule has 0 aromatic heterocycles. The van der Waals surface area contributed by atoms with Crippen LogP contribution in [0.15, 0.2) is 17.0 Å². The Labute approximate surface area is 136 Å². The van der Waals surface area contributed by atoms with E-state index in [0.29, 0.717) is 10.6 Å². The second kappa shape index (κ2) is 7.29. The summed E-state index contributed by atoms with van der Waals surface area (Å²) >= 11 is 12.2. The number of rotatable bonds is 4. The smallest absolute Gasteiger partial charge is 0.242 e. The monoisotopic (exact) mass is 350 g/mol. The third-order valence-corrected chi connectivity index (χ3v) is 6.28. The standard InChI is InChI=1S/C14H20Cl2N2O2S/c15-12-7-8-13(14(16)11(12)9-17)21(19,20)18-10-5-3-1-2-4-6-10/h7-8,10,18H,1-6,9,17H2. The van der Waals surface area contributed by atoms with E-state index in [1.165, 1.54) is 12.1 Å². The summed E-state index contributed by atoms with van der Waals surface area (Å²) in [7, 11) is -3.65. The van der Waals surface area contributed by atoms with Crippen LogP contribution in [0, 0.1) is 0 Å². The summed E-state index contributed by atoms with van der Waals surface area (Å²) in [5.74, 6) is 0. The number of nitrogens with one attached hydrogen (secondary N) is 1. The fourth-order valence-corrected chi connectivity index (χ4v) is 4.89. The Balaban J connectivity index is 2.27. The Hall–Kier alpha value is -0.330. The second-order valence-corrected chi connectivity index (χ2v) is 7.82. The average Bonchev–Trinajstić information content (AvgIpc) is 2.67. The van der Waals surface area contributed by atoms with Gasteiger partial charge in [0.25, 0.3) is 0 Å². The molecule has 0 spiro atoms. The molecule has 4 nitrogen and oxygen atoms in total. The summed E-state index contributed by atoms with van der Waals surface area (Å²) in [5.41, 5.74) is 6.04. The Morgan fingerprint density at radius 2 is 1.76 bits per heavy atom. The predicted octanol–water partition coefficient (Wildman–Crippen LogP) is 3.45. The van der Waals surface area contributed by atoms with Gasteiger partial charge in [0.15, 0.2) is 0 Å². The summed E-state index contributed by atoms with van der Waals surface area (Å²) in [6.07, 6.45) is 6.17. The van der Waals surface area contributed by atoms with E-state index in [1.54, 1.807) is 0 Å². The molecule has 0 radical (unpaired) electrons. The van der Waals surface area contributed by atoms with Crippen LogP contribution < -0.4 is 10.5 Å². The highest BCUT2D eigenvalue weighted by atomic mass is 35.5. The van der Waals surface area contributed by atoms with Crippen LogP contribution >= 0.6 is 23.2 Å². The number of hydrogen-bond acceptors (Lipinski definition) is 3. The molecule has 0 aliphatic heterocycles. The first kappa shape index (κ1) is 17.0. The van der Waals surface area contributed by atoms with Gasteiger partial charge in [-0.1, -0.05) is 48.9 Å². The van der Waals surface area contributed by atoms with Crippen molar-refractivity contribution in [1.29, 1.82) is 0 Å². The molecule has 1 aromatic rings. The van der Waals surface area contributed by atoms with Crippen molar-refractivity contribution in [3.63, 3.8) is 0 Å². The first-order valence-corrected chi connectivity index (χ1v) is 9.39. The average molecular weight is 351 g/mol. The SMILES string of the molecule is NCc1c(Cl)ccc(S(=O)(=O)NC2CCCCCC2)c1Cl. The lowest BCUT2D eigenvalue weighted by Gasteiger charge is -2.18. The molecule has 1 aliphatic carbocycles. The lowest BCUT2D eigenvalue weighted by molar-refractivity contribution is 0.510. The van der Waals surface area contributed by atoms with Crippen LogP contribution in [0.3, 0.4) is 0 Å². The molecule has 1 aromatic carbocycles. The van der Waals surface area contributed by atoms with Gasteiger partial charge in [-0.25, -0.2) is 13.1 Å². The molecule has 1 saturated carbocycles. The molecule has 0 heterocycles. The van der Waals surface area contributed by atoms with E-state index in [2.05, 4.69) is 4.72 Å². The zero-order chi connectivity index (χ0) is 15.5. The Bertz CT molecular complexity index is 597. The normalized spacial score (nSPS) is 17.7. The minimum absolute atomic E-state index is 0.0226. The molecule has 1 aliphatic rings. The van der Waals surface area contributed by atoms with E-state index in [4.69, 9.17) is 28.9 Å². The van der Waals surface area contributed by atoms with Crippen LogP contribution in [0.5, 0.6) is 0 Å². The first-order valence-electron chi connectivity index (χ1n) is 7.15. The van der Waals surface area contributed by atoms with E-state index in [9.17, 15) is 8.42 Å². The van der Waals surface area contributed by atoms with Crippen LogP contribution in [-0.2, 0) is 16.6 Å². The second-order valence-electron chi connectivity index (χ2n) is 5.35. The van der Waals surface area contributed by atoms with Crippen LogP contribution in [-0.4, -0.2) is 14.5 Å². The van der Waals surface area contributed by atoms with E-state index in [-0.39, 0.29) is 22.5 Å². The minimum atomic E-state index is -3.65. The number of halogens is 2. The van der Waals surface area contributed by atoms with Gasteiger partial charge in [-0.05, 0) is 25.0 Å². The van der Waals surface area contributed by atoms with Crippen molar-refractivity contribution < 1.29 is 8.42 Å². The number of sulfonamides is 1. The summed E-state index contributed by atoms with van der Waals surface area (Å²) in [5, 5.41) is 0.502. The van der Waals surface area contributed by atoms with Crippen LogP contribution in [0.4, 0.5) is 0 Å². The summed E-state index contributed by atoms with van der Waals surface area (Å²) in [4.78, 5) is 0.0539. The summed E-state index contributed by atoms with van der Waals surface area (Å²) in [6, 6.07) is 2.94. The molecule has 118 valence electrons. The zero-order valence-corrected chi connectivity index (χ0v) is 14.1. The Morgan fingerprint density at radius 1 is 1.14 bits per heavy atom. The maximum atomic E-state index is 12.5. The predicted molar refractivity (Wildman–Crippen MR) is 86.2 cm³/mol. The van der Waals surface area contributed by atoms with Gasteiger partial charge in [-0.2, -0.15) is 0 Å². The van der Waals surface area contributed by atoms with Crippen molar-refractivity contribution in [2.24, 2.45) is 5.73 Å². The molecule has 0 saturated heterocycles. The molecular weight excluding hydrogens is 331 g/mol. The van der Waals surface area contributed by atoms with Gasteiger partial charge in [-0.3, -0.25) is 0 Å². The third kappa shape index (κ3) is 4.11. The van der Waals surface area contributed by atoms with Gasteiger partial charge in [0.05, 0.1) is 5.02 Å². The van der Waals surface area contributed by atoms with E-state index in [0.717, 1.165) is 38.5 Å². The van der Waals surface area contributed by atoms with Crippen molar-refractivity contribution >= 4 is 33.2 Å². The number of hydrogen-bond donors (Lipinski definition) is 2. The molecule has 0 amide bonds. The summed E-state index contributed by atoms with van der Waals surface area (Å²) < 4.78 is 27.8. The number of benzene rings is 1. The van der Waals surface area contributed by atoms with Crippen molar-refractivity contribution in [2.45, 2.75) is 56.0 Å². The topological polar surface area (TPSA) is 72.2 Å².